The van der Waals surface area contributed by atoms with E-state index in [1.807, 2.05) is 18.2 Å². The molecular formula is C11H12N2O. The van der Waals surface area contributed by atoms with Crippen LogP contribution in [0.15, 0.2) is 40.9 Å². The first-order chi connectivity index (χ1) is 6.84. The number of nitrogens with two attached hydrogens (primary N) is 1. The normalized spacial score (nSPS) is 10.3. The molecule has 0 fully saturated rings. The first-order valence-corrected chi connectivity index (χ1v) is 4.59. The van der Waals surface area contributed by atoms with Crippen LogP contribution in [-0.2, 0) is 12.8 Å². The maximum atomic E-state index is 5.37. The van der Waals surface area contributed by atoms with Gasteiger partial charge in [-0.3, -0.25) is 0 Å². The molecule has 0 bridgehead atoms. The zero-order valence-electron chi connectivity index (χ0n) is 7.81. The van der Waals surface area contributed by atoms with E-state index in [-0.39, 0.29) is 6.01 Å². The van der Waals surface area contributed by atoms with Crippen molar-refractivity contribution >= 4 is 6.01 Å². The number of hydrogen-bond acceptors (Lipinski definition) is 3. The van der Waals surface area contributed by atoms with Crippen LogP contribution in [0.4, 0.5) is 6.01 Å². The van der Waals surface area contributed by atoms with Gasteiger partial charge in [0.1, 0.15) is 5.76 Å². The second-order valence-corrected chi connectivity index (χ2v) is 3.15. The molecule has 0 aliphatic carbocycles. The molecule has 0 atom stereocenters. The fourth-order valence-corrected chi connectivity index (χ4v) is 1.35. The van der Waals surface area contributed by atoms with Crippen molar-refractivity contribution in [2.45, 2.75) is 12.8 Å². The zero-order chi connectivity index (χ0) is 9.80. The predicted molar refractivity (Wildman–Crippen MR) is 54.8 cm³/mol. The topological polar surface area (TPSA) is 52.0 Å². The van der Waals surface area contributed by atoms with E-state index in [1.165, 1.54) is 5.56 Å². The van der Waals surface area contributed by atoms with Crippen molar-refractivity contribution in [2.75, 3.05) is 5.73 Å². The Morgan fingerprint density at radius 3 is 2.57 bits per heavy atom. The molecule has 1 aromatic heterocycles. The number of nitrogens with zero attached hydrogens (tertiary/aromatic N) is 1. The van der Waals surface area contributed by atoms with E-state index in [2.05, 4.69) is 17.1 Å². The molecule has 0 radical (unpaired) electrons. The van der Waals surface area contributed by atoms with Crippen LogP contribution in [0.5, 0.6) is 0 Å². The van der Waals surface area contributed by atoms with E-state index in [1.54, 1.807) is 6.20 Å². The van der Waals surface area contributed by atoms with Gasteiger partial charge in [-0.2, -0.15) is 0 Å². The second kappa shape index (κ2) is 3.96. The van der Waals surface area contributed by atoms with E-state index in [4.69, 9.17) is 10.2 Å². The molecule has 0 spiro atoms. The Morgan fingerprint density at radius 1 is 1.14 bits per heavy atom. The average molecular weight is 188 g/mol. The Bertz CT molecular complexity index is 395. The van der Waals surface area contributed by atoms with Crippen LogP contribution in [0, 0.1) is 0 Å². The van der Waals surface area contributed by atoms with E-state index in [9.17, 15) is 0 Å². The quantitative estimate of drug-likeness (QED) is 0.801. The van der Waals surface area contributed by atoms with Gasteiger partial charge in [0.25, 0.3) is 6.01 Å². The van der Waals surface area contributed by atoms with E-state index >= 15 is 0 Å². The summed E-state index contributed by atoms with van der Waals surface area (Å²) >= 11 is 0. The largest absolute Gasteiger partial charge is 0.429 e. The molecule has 2 N–H and O–H groups in total. The molecule has 3 nitrogen and oxygen atoms in total. The lowest BCUT2D eigenvalue weighted by Gasteiger charge is -1.97. The Kier molecular flexibility index (Phi) is 2.49. The molecule has 0 aliphatic heterocycles. The van der Waals surface area contributed by atoms with Crippen molar-refractivity contribution in [3.63, 3.8) is 0 Å². The highest BCUT2D eigenvalue weighted by Gasteiger charge is 2.00. The molecule has 0 unspecified atom stereocenters. The summed E-state index contributed by atoms with van der Waals surface area (Å²) in [6.45, 7) is 0. The minimum atomic E-state index is 0.244. The summed E-state index contributed by atoms with van der Waals surface area (Å²) in [5.41, 5.74) is 6.66. The third-order valence-electron chi connectivity index (χ3n) is 2.07. The molecule has 2 aromatic rings. The Labute approximate surface area is 82.6 Å². The summed E-state index contributed by atoms with van der Waals surface area (Å²) < 4.78 is 5.17. The standard InChI is InChI=1S/C11H12N2O/c12-11-13-8-10(14-11)7-6-9-4-2-1-3-5-9/h1-5,8H,6-7H2,(H2,12,13). The zero-order valence-corrected chi connectivity index (χ0v) is 7.81. The molecule has 1 aromatic carbocycles. The summed E-state index contributed by atoms with van der Waals surface area (Å²) in [4.78, 5) is 3.84. The first-order valence-electron chi connectivity index (χ1n) is 4.59. The SMILES string of the molecule is Nc1ncc(CCc2ccccc2)o1. The minimum absolute atomic E-state index is 0.244. The lowest BCUT2D eigenvalue weighted by Crippen LogP contribution is -1.88. The van der Waals surface area contributed by atoms with E-state index in [0.29, 0.717) is 0 Å². The number of aromatic nitrogens is 1. The summed E-state index contributed by atoms with van der Waals surface area (Å²) in [6, 6.07) is 10.5. The molecule has 0 saturated carbocycles. The van der Waals surface area contributed by atoms with Gasteiger partial charge < -0.3 is 10.2 Å². The van der Waals surface area contributed by atoms with Crippen LogP contribution in [0.25, 0.3) is 0 Å². The number of nitrogen functional groups attached to an aromatic ring is 1. The summed E-state index contributed by atoms with van der Waals surface area (Å²) in [5, 5.41) is 0. The maximum absolute atomic E-state index is 5.37. The highest BCUT2D eigenvalue weighted by atomic mass is 16.4. The van der Waals surface area contributed by atoms with Crippen molar-refractivity contribution in [2.24, 2.45) is 0 Å². The monoisotopic (exact) mass is 188 g/mol. The lowest BCUT2D eigenvalue weighted by atomic mass is 10.1. The van der Waals surface area contributed by atoms with Gasteiger partial charge in [0.2, 0.25) is 0 Å². The van der Waals surface area contributed by atoms with Crippen LogP contribution in [0.1, 0.15) is 11.3 Å². The lowest BCUT2D eigenvalue weighted by molar-refractivity contribution is 0.522. The third-order valence-corrected chi connectivity index (χ3v) is 2.07. The molecule has 0 saturated heterocycles. The van der Waals surface area contributed by atoms with Crippen LogP contribution in [0.2, 0.25) is 0 Å². The van der Waals surface area contributed by atoms with Gasteiger partial charge >= 0.3 is 0 Å². The van der Waals surface area contributed by atoms with Crippen LogP contribution in [-0.4, -0.2) is 4.98 Å². The maximum Gasteiger partial charge on any atom is 0.292 e. The molecular weight excluding hydrogens is 176 g/mol. The summed E-state index contributed by atoms with van der Waals surface area (Å²) in [7, 11) is 0. The number of anilines is 1. The van der Waals surface area contributed by atoms with Crippen LogP contribution in [0.3, 0.4) is 0 Å². The first kappa shape index (κ1) is 8.81. The van der Waals surface area contributed by atoms with Gasteiger partial charge in [-0.25, -0.2) is 4.98 Å². The Hall–Kier alpha value is -1.77. The summed E-state index contributed by atoms with van der Waals surface area (Å²) in [6.07, 6.45) is 3.47. The minimum Gasteiger partial charge on any atom is -0.429 e. The van der Waals surface area contributed by atoms with Crippen molar-refractivity contribution in [3.8, 4) is 0 Å². The fraction of sp³-hybridized carbons (Fsp3) is 0.182. The predicted octanol–water partition coefficient (Wildman–Crippen LogP) is 2.04. The Balaban J connectivity index is 1.95. The average Bonchev–Trinajstić information content (AvgIpc) is 2.63. The van der Waals surface area contributed by atoms with Crippen molar-refractivity contribution < 1.29 is 4.42 Å². The summed E-state index contributed by atoms with van der Waals surface area (Å²) in [5.74, 6) is 0.839. The highest BCUT2D eigenvalue weighted by Crippen LogP contribution is 2.09. The smallest absolute Gasteiger partial charge is 0.292 e. The van der Waals surface area contributed by atoms with E-state index in [0.717, 1.165) is 18.6 Å². The molecule has 0 amide bonds. The van der Waals surface area contributed by atoms with Crippen molar-refractivity contribution in [3.05, 3.63) is 47.9 Å². The van der Waals surface area contributed by atoms with E-state index < -0.39 is 0 Å². The molecule has 2 rings (SSSR count). The van der Waals surface area contributed by atoms with Crippen molar-refractivity contribution in [1.29, 1.82) is 0 Å². The molecule has 14 heavy (non-hydrogen) atoms. The van der Waals surface area contributed by atoms with Gasteiger partial charge in [-0.05, 0) is 12.0 Å². The van der Waals surface area contributed by atoms with Crippen LogP contribution < -0.4 is 5.73 Å². The fourth-order valence-electron chi connectivity index (χ4n) is 1.35. The third kappa shape index (κ3) is 2.13. The molecule has 3 heteroatoms. The van der Waals surface area contributed by atoms with Gasteiger partial charge in [0, 0.05) is 6.42 Å². The second-order valence-electron chi connectivity index (χ2n) is 3.15. The van der Waals surface area contributed by atoms with Crippen molar-refractivity contribution in [1.82, 2.24) is 4.98 Å². The van der Waals surface area contributed by atoms with Crippen LogP contribution >= 0.6 is 0 Å². The number of rotatable bonds is 3. The van der Waals surface area contributed by atoms with Gasteiger partial charge in [0.15, 0.2) is 0 Å². The van der Waals surface area contributed by atoms with Gasteiger partial charge in [-0.15, -0.1) is 0 Å². The number of benzene rings is 1. The Morgan fingerprint density at radius 2 is 1.93 bits per heavy atom. The number of oxazole rings is 1. The molecule has 72 valence electrons. The number of aryl methyl sites for hydroxylation is 2. The van der Waals surface area contributed by atoms with Gasteiger partial charge in [0.05, 0.1) is 6.20 Å². The molecule has 1 heterocycles. The number of hydrogen-bond donors (Lipinski definition) is 1. The molecule has 0 aliphatic rings. The van der Waals surface area contributed by atoms with Gasteiger partial charge in [-0.1, -0.05) is 30.3 Å². The highest BCUT2D eigenvalue weighted by molar-refractivity contribution is 5.17.